The molecule has 1 aromatic carbocycles. The van der Waals surface area contributed by atoms with E-state index in [-0.39, 0.29) is 11.8 Å². The first-order valence-electron chi connectivity index (χ1n) is 5.86. The van der Waals surface area contributed by atoms with Crippen molar-refractivity contribution >= 4 is 6.09 Å². The number of hydrogen-bond donors (Lipinski definition) is 2. The van der Waals surface area contributed by atoms with Gasteiger partial charge in [0.1, 0.15) is 5.75 Å². The van der Waals surface area contributed by atoms with Gasteiger partial charge in [0.2, 0.25) is 0 Å². The lowest BCUT2D eigenvalue weighted by molar-refractivity contribution is 0.0900. The van der Waals surface area contributed by atoms with Crippen molar-refractivity contribution in [3.05, 3.63) is 29.8 Å². The Balaban J connectivity index is 2.23. The topological polar surface area (TPSA) is 60.8 Å². The minimum atomic E-state index is -0.866. The van der Waals surface area contributed by atoms with Crippen LogP contribution >= 0.6 is 0 Å². The summed E-state index contributed by atoms with van der Waals surface area (Å²) < 4.78 is 0. The van der Waals surface area contributed by atoms with Crippen molar-refractivity contribution in [3.63, 3.8) is 0 Å². The van der Waals surface area contributed by atoms with E-state index in [1.54, 1.807) is 24.3 Å². The van der Waals surface area contributed by atoms with Crippen LogP contribution in [0.1, 0.15) is 31.4 Å². The molecule has 1 heterocycles. The van der Waals surface area contributed by atoms with Crippen LogP contribution in [0.25, 0.3) is 0 Å². The standard InChI is InChI=1S/C13H17NO3/c1-9-2-7-12(14(8-9)13(16)17)10-3-5-11(15)6-4-10/h3-6,9,12,15H,2,7-8H2,1H3,(H,16,17). The Morgan fingerprint density at radius 3 is 2.53 bits per heavy atom. The average Bonchev–Trinajstić information content (AvgIpc) is 2.30. The smallest absolute Gasteiger partial charge is 0.407 e. The molecule has 4 nitrogen and oxygen atoms in total. The molecule has 2 unspecified atom stereocenters. The quantitative estimate of drug-likeness (QED) is 0.786. The molecule has 2 rings (SSSR count). The highest BCUT2D eigenvalue weighted by atomic mass is 16.4. The first kappa shape index (κ1) is 11.8. The number of rotatable bonds is 1. The molecular weight excluding hydrogens is 218 g/mol. The lowest BCUT2D eigenvalue weighted by atomic mass is 9.90. The zero-order chi connectivity index (χ0) is 12.4. The number of nitrogens with zero attached hydrogens (tertiary/aromatic N) is 1. The number of hydrogen-bond acceptors (Lipinski definition) is 2. The second-order valence-electron chi connectivity index (χ2n) is 4.72. The fourth-order valence-corrected chi connectivity index (χ4v) is 2.41. The maximum absolute atomic E-state index is 11.2. The third-order valence-corrected chi connectivity index (χ3v) is 3.34. The number of carboxylic acid groups (broad SMARTS) is 1. The van der Waals surface area contributed by atoms with Crippen molar-refractivity contribution in [2.45, 2.75) is 25.8 Å². The molecule has 2 atom stereocenters. The van der Waals surface area contributed by atoms with Crippen LogP contribution in [0.5, 0.6) is 5.75 Å². The largest absolute Gasteiger partial charge is 0.508 e. The fraction of sp³-hybridized carbons (Fsp3) is 0.462. The minimum absolute atomic E-state index is 0.0794. The van der Waals surface area contributed by atoms with Crippen LogP contribution in [-0.2, 0) is 0 Å². The molecule has 1 aliphatic heterocycles. The van der Waals surface area contributed by atoms with Gasteiger partial charge >= 0.3 is 6.09 Å². The lowest BCUT2D eigenvalue weighted by Crippen LogP contribution is -2.40. The summed E-state index contributed by atoms with van der Waals surface area (Å²) in [5.41, 5.74) is 0.956. The number of piperidine rings is 1. The van der Waals surface area contributed by atoms with Gasteiger partial charge in [-0.25, -0.2) is 4.79 Å². The Hall–Kier alpha value is -1.71. The van der Waals surface area contributed by atoms with Gasteiger partial charge in [0.15, 0.2) is 0 Å². The summed E-state index contributed by atoms with van der Waals surface area (Å²) in [4.78, 5) is 12.7. The van der Waals surface area contributed by atoms with E-state index in [0.717, 1.165) is 18.4 Å². The monoisotopic (exact) mass is 235 g/mol. The molecule has 0 saturated carbocycles. The van der Waals surface area contributed by atoms with E-state index in [2.05, 4.69) is 6.92 Å². The predicted octanol–water partition coefficient (Wildman–Crippen LogP) is 2.84. The van der Waals surface area contributed by atoms with Crippen molar-refractivity contribution in [1.82, 2.24) is 4.90 Å². The third kappa shape index (κ3) is 2.52. The Kier molecular flexibility index (Phi) is 3.22. The van der Waals surface area contributed by atoms with Gasteiger partial charge < -0.3 is 15.1 Å². The third-order valence-electron chi connectivity index (χ3n) is 3.34. The number of benzene rings is 1. The summed E-state index contributed by atoms with van der Waals surface area (Å²) in [7, 11) is 0. The summed E-state index contributed by atoms with van der Waals surface area (Å²) in [6.07, 6.45) is 1.02. The van der Waals surface area contributed by atoms with Gasteiger partial charge in [0.05, 0.1) is 6.04 Å². The van der Waals surface area contributed by atoms with Crippen LogP contribution in [0.4, 0.5) is 4.79 Å². The van der Waals surface area contributed by atoms with Crippen molar-refractivity contribution < 1.29 is 15.0 Å². The second-order valence-corrected chi connectivity index (χ2v) is 4.72. The van der Waals surface area contributed by atoms with Crippen molar-refractivity contribution in [2.75, 3.05) is 6.54 Å². The highest BCUT2D eigenvalue weighted by molar-refractivity contribution is 5.66. The normalized spacial score (nSPS) is 24.6. The van der Waals surface area contributed by atoms with Crippen molar-refractivity contribution in [2.24, 2.45) is 5.92 Å². The van der Waals surface area contributed by atoms with Gasteiger partial charge in [-0.1, -0.05) is 19.1 Å². The molecular formula is C13H17NO3. The molecule has 92 valence electrons. The Morgan fingerprint density at radius 1 is 1.29 bits per heavy atom. The van der Waals surface area contributed by atoms with Crippen LogP contribution in [-0.4, -0.2) is 27.8 Å². The molecule has 0 aromatic heterocycles. The Morgan fingerprint density at radius 2 is 1.94 bits per heavy atom. The van der Waals surface area contributed by atoms with Crippen LogP contribution in [0.3, 0.4) is 0 Å². The molecule has 0 bridgehead atoms. The fourth-order valence-electron chi connectivity index (χ4n) is 2.41. The SMILES string of the molecule is CC1CCC(c2ccc(O)cc2)N(C(=O)O)C1. The maximum atomic E-state index is 11.2. The second kappa shape index (κ2) is 4.65. The van der Waals surface area contributed by atoms with Crippen LogP contribution < -0.4 is 0 Å². The van der Waals surface area contributed by atoms with Gasteiger partial charge in [-0.05, 0) is 36.5 Å². The van der Waals surface area contributed by atoms with E-state index in [4.69, 9.17) is 0 Å². The molecule has 4 heteroatoms. The number of likely N-dealkylation sites (tertiary alicyclic amines) is 1. The molecule has 0 aliphatic carbocycles. The summed E-state index contributed by atoms with van der Waals surface area (Å²) >= 11 is 0. The number of phenols is 1. The molecule has 17 heavy (non-hydrogen) atoms. The zero-order valence-corrected chi connectivity index (χ0v) is 9.84. The van der Waals surface area contributed by atoms with Gasteiger partial charge in [-0.3, -0.25) is 0 Å². The average molecular weight is 235 g/mol. The van der Waals surface area contributed by atoms with E-state index in [0.29, 0.717) is 12.5 Å². The minimum Gasteiger partial charge on any atom is -0.508 e. The Bertz CT molecular complexity index is 402. The van der Waals surface area contributed by atoms with E-state index in [9.17, 15) is 15.0 Å². The van der Waals surface area contributed by atoms with Crippen molar-refractivity contribution in [3.8, 4) is 5.75 Å². The summed E-state index contributed by atoms with van der Waals surface area (Å²) in [5.74, 6) is 0.624. The number of phenolic OH excluding ortho intramolecular Hbond substituents is 1. The van der Waals surface area contributed by atoms with E-state index >= 15 is 0 Å². The van der Waals surface area contributed by atoms with E-state index in [1.165, 1.54) is 4.90 Å². The van der Waals surface area contributed by atoms with Gasteiger partial charge in [-0.2, -0.15) is 0 Å². The predicted molar refractivity (Wildman–Crippen MR) is 64.0 cm³/mol. The van der Waals surface area contributed by atoms with Crippen LogP contribution in [0.2, 0.25) is 0 Å². The molecule has 1 aliphatic rings. The highest BCUT2D eigenvalue weighted by Crippen LogP contribution is 2.33. The summed E-state index contributed by atoms with van der Waals surface area (Å²) in [5, 5.41) is 18.5. The number of amides is 1. The van der Waals surface area contributed by atoms with Gasteiger partial charge in [-0.15, -0.1) is 0 Å². The van der Waals surface area contributed by atoms with Gasteiger partial charge in [0, 0.05) is 6.54 Å². The first-order valence-corrected chi connectivity index (χ1v) is 5.86. The van der Waals surface area contributed by atoms with Gasteiger partial charge in [0.25, 0.3) is 0 Å². The maximum Gasteiger partial charge on any atom is 0.407 e. The number of carbonyl (C=O) groups is 1. The molecule has 1 amide bonds. The molecule has 1 aromatic rings. The molecule has 1 fully saturated rings. The number of aromatic hydroxyl groups is 1. The van der Waals surface area contributed by atoms with E-state index < -0.39 is 6.09 Å². The van der Waals surface area contributed by atoms with E-state index in [1.807, 2.05) is 0 Å². The first-order chi connectivity index (χ1) is 8.08. The summed E-state index contributed by atoms with van der Waals surface area (Å²) in [6.45, 7) is 2.66. The van der Waals surface area contributed by atoms with Crippen LogP contribution in [0, 0.1) is 5.92 Å². The molecule has 0 spiro atoms. The summed E-state index contributed by atoms with van der Waals surface area (Å²) in [6, 6.07) is 6.72. The zero-order valence-electron chi connectivity index (χ0n) is 9.84. The molecule has 2 N–H and O–H groups in total. The van der Waals surface area contributed by atoms with Crippen molar-refractivity contribution in [1.29, 1.82) is 0 Å². The van der Waals surface area contributed by atoms with Crippen LogP contribution in [0.15, 0.2) is 24.3 Å². The molecule has 1 saturated heterocycles. The lowest BCUT2D eigenvalue weighted by Gasteiger charge is -2.37. The Labute approximate surface area is 100 Å². The highest BCUT2D eigenvalue weighted by Gasteiger charge is 2.30. The molecule has 0 radical (unpaired) electrons.